The third kappa shape index (κ3) is 3.79. The van der Waals surface area contributed by atoms with E-state index in [9.17, 15) is 9.59 Å². The molecule has 1 fully saturated rings. The number of hydrogen-bond acceptors (Lipinski definition) is 4. The Morgan fingerprint density at radius 1 is 0.806 bits per heavy atom. The number of imide groups is 1. The van der Waals surface area contributed by atoms with Crippen molar-refractivity contribution in [1.29, 1.82) is 0 Å². The number of benzene rings is 2. The second-order valence-corrected chi connectivity index (χ2v) is 8.94. The van der Waals surface area contributed by atoms with Crippen LogP contribution in [-0.4, -0.2) is 42.0 Å². The molecule has 0 spiro atoms. The van der Waals surface area contributed by atoms with Crippen LogP contribution in [0.5, 0.6) is 0 Å². The van der Waals surface area contributed by atoms with E-state index in [2.05, 4.69) is 6.07 Å². The summed E-state index contributed by atoms with van der Waals surface area (Å²) in [5.74, 6) is -0.515. The molecule has 0 aliphatic carbocycles. The summed E-state index contributed by atoms with van der Waals surface area (Å²) in [4.78, 5) is 31.0. The van der Waals surface area contributed by atoms with E-state index in [-0.39, 0.29) is 24.0 Å². The van der Waals surface area contributed by atoms with Crippen molar-refractivity contribution in [2.24, 2.45) is 0 Å². The average molecular weight is 419 g/mol. The van der Waals surface area contributed by atoms with Crippen LogP contribution in [0, 0.1) is 27.7 Å². The van der Waals surface area contributed by atoms with Crippen LogP contribution >= 0.6 is 0 Å². The van der Waals surface area contributed by atoms with Crippen LogP contribution < -0.4 is 4.90 Å². The van der Waals surface area contributed by atoms with Crippen LogP contribution in [0.4, 0.5) is 5.69 Å². The Hall–Kier alpha value is -2.92. The van der Waals surface area contributed by atoms with E-state index >= 15 is 0 Å². The van der Waals surface area contributed by atoms with Crippen molar-refractivity contribution < 1.29 is 14.3 Å². The van der Waals surface area contributed by atoms with Crippen LogP contribution in [0.3, 0.4) is 0 Å². The Balaban J connectivity index is 1.89. The highest BCUT2D eigenvalue weighted by Gasteiger charge is 2.44. The van der Waals surface area contributed by atoms with Gasteiger partial charge in [0.2, 0.25) is 0 Å². The molecule has 0 aromatic heterocycles. The molecule has 5 nitrogen and oxygen atoms in total. The van der Waals surface area contributed by atoms with Crippen molar-refractivity contribution in [3.05, 3.63) is 69.9 Å². The zero-order valence-electron chi connectivity index (χ0n) is 19.2. The lowest BCUT2D eigenvalue weighted by atomic mass is 9.97. The molecule has 2 heterocycles. The van der Waals surface area contributed by atoms with Crippen LogP contribution in [0.1, 0.15) is 41.7 Å². The molecule has 0 radical (unpaired) electrons. The molecule has 4 rings (SSSR count). The number of carbonyl (C=O) groups excluding carboxylic acids is 2. The molecule has 2 amide bonds. The number of amides is 2. The lowest BCUT2D eigenvalue weighted by Gasteiger charge is -2.37. The molecule has 0 N–H and O–H groups in total. The predicted octanol–water partition coefficient (Wildman–Crippen LogP) is 4.31. The Kier molecular flexibility index (Phi) is 5.48. The molecule has 5 heteroatoms. The topological polar surface area (TPSA) is 49.9 Å². The zero-order chi connectivity index (χ0) is 22.4. The summed E-state index contributed by atoms with van der Waals surface area (Å²) in [6.07, 6.45) is -0.0376. The van der Waals surface area contributed by atoms with Gasteiger partial charge in [0.05, 0.1) is 23.5 Å². The predicted molar refractivity (Wildman–Crippen MR) is 123 cm³/mol. The van der Waals surface area contributed by atoms with E-state index in [4.69, 9.17) is 4.74 Å². The summed E-state index contributed by atoms with van der Waals surface area (Å²) in [6, 6.07) is 11.8. The lowest BCUT2D eigenvalue weighted by Crippen LogP contribution is -2.47. The molecule has 1 saturated heterocycles. The largest absolute Gasteiger partial charge is 0.372 e. The molecule has 2 aliphatic heterocycles. The fourth-order valence-corrected chi connectivity index (χ4v) is 4.78. The van der Waals surface area contributed by atoms with Gasteiger partial charge in [0.1, 0.15) is 5.70 Å². The minimum absolute atomic E-state index is 0.0188. The third-order valence-corrected chi connectivity index (χ3v) is 6.04. The number of carbonyl (C=O) groups is 2. The fraction of sp³-hybridized carbons (Fsp3) is 0.385. The standard InChI is InChI=1S/C26H30N2O3/c1-15-7-9-21(17(3)11-15)23-24(27-13-19(5)31-20(6)14-27)26(30)28(25(23)29)22-10-8-16(2)12-18(22)4/h7-12,19-20H,13-14H2,1-6H3. The van der Waals surface area contributed by atoms with Crippen LogP contribution in [0.15, 0.2) is 42.1 Å². The van der Waals surface area contributed by atoms with Gasteiger partial charge in [-0.05, 0) is 64.3 Å². The highest BCUT2D eigenvalue weighted by molar-refractivity contribution is 6.45. The summed E-state index contributed by atoms with van der Waals surface area (Å²) in [5.41, 5.74) is 6.56. The molecule has 31 heavy (non-hydrogen) atoms. The molecule has 162 valence electrons. The highest BCUT2D eigenvalue weighted by atomic mass is 16.5. The number of aryl methyl sites for hydroxylation is 4. The maximum absolute atomic E-state index is 13.8. The van der Waals surface area contributed by atoms with Gasteiger partial charge >= 0.3 is 0 Å². The summed E-state index contributed by atoms with van der Waals surface area (Å²) >= 11 is 0. The highest BCUT2D eigenvalue weighted by Crippen LogP contribution is 2.38. The Labute approximate surface area is 184 Å². The Morgan fingerprint density at radius 3 is 1.97 bits per heavy atom. The molecule has 0 saturated carbocycles. The maximum atomic E-state index is 13.8. The first-order valence-corrected chi connectivity index (χ1v) is 10.9. The van der Waals surface area contributed by atoms with E-state index in [1.807, 2.05) is 76.8 Å². The van der Waals surface area contributed by atoms with Crippen molar-refractivity contribution in [1.82, 2.24) is 4.90 Å². The molecular formula is C26H30N2O3. The third-order valence-electron chi connectivity index (χ3n) is 6.04. The van der Waals surface area contributed by atoms with Crippen molar-refractivity contribution in [3.8, 4) is 0 Å². The van der Waals surface area contributed by atoms with Gasteiger partial charge in [-0.2, -0.15) is 0 Å². The van der Waals surface area contributed by atoms with Crippen LogP contribution in [0.25, 0.3) is 5.57 Å². The maximum Gasteiger partial charge on any atom is 0.282 e. The van der Waals surface area contributed by atoms with Crippen molar-refractivity contribution in [2.75, 3.05) is 18.0 Å². The minimum Gasteiger partial charge on any atom is -0.372 e. The van der Waals surface area contributed by atoms with Crippen molar-refractivity contribution in [2.45, 2.75) is 53.8 Å². The number of nitrogens with zero attached hydrogens (tertiary/aromatic N) is 2. The van der Waals surface area contributed by atoms with Gasteiger partial charge in [-0.15, -0.1) is 0 Å². The monoisotopic (exact) mass is 418 g/mol. The summed E-state index contributed by atoms with van der Waals surface area (Å²) in [7, 11) is 0. The fourth-order valence-electron chi connectivity index (χ4n) is 4.78. The number of ether oxygens (including phenoxy) is 1. The number of hydrogen-bond donors (Lipinski definition) is 0. The summed E-state index contributed by atoms with van der Waals surface area (Å²) in [6.45, 7) is 13.1. The second-order valence-electron chi connectivity index (χ2n) is 8.94. The van der Waals surface area contributed by atoms with E-state index in [1.165, 1.54) is 4.90 Å². The van der Waals surface area contributed by atoms with E-state index < -0.39 is 0 Å². The van der Waals surface area contributed by atoms with Crippen LogP contribution in [-0.2, 0) is 14.3 Å². The Bertz CT molecular complexity index is 1090. The van der Waals surface area contributed by atoms with E-state index in [0.29, 0.717) is 30.0 Å². The minimum atomic E-state index is -0.259. The molecule has 2 atom stereocenters. The normalized spacial score (nSPS) is 22.0. The van der Waals surface area contributed by atoms with E-state index in [1.54, 1.807) is 0 Å². The van der Waals surface area contributed by atoms with Crippen molar-refractivity contribution in [3.63, 3.8) is 0 Å². The summed E-state index contributed by atoms with van der Waals surface area (Å²) in [5, 5.41) is 0. The zero-order valence-corrected chi connectivity index (χ0v) is 19.2. The quantitative estimate of drug-likeness (QED) is 0.697. The van der Waals surface area contributed by atoms with Gasteiger partial charge in [-0.25, -0.2) is 4.90 Å². The summed E-state index contributed by atoms with van der Waals surface area (Å²) < 4.78 is 5.89. The van der Waals surface area contributed by atoms with Crippen LogP contribution in [0.2, 0.25) is 0 Å². The van der Waals surface area contributed by atoms with Gasteiger partial charge in [-0.3, -0.25) is 9.59 Å². The molecule has 2 aromatic carbocycles. The Morgan fingerprint density at radius 2 is 1.39 bits per heavy atom. The lowest BCUT2D eigenvalue weighted by molar-refractivity contribution is -0.121. The van der Waals surface area contributed by atoms with Gasteiger partial charge in [0.25, 0.3) is 11.8 Å². The molecular weight excluding hydrogens is 388 g/mol. The second kappa shape index (κ2) is 7.97. The van der Waals surface area contributed by atoms with E-state index in [0.717, 1.165) is 27.8 Å². The molecule has 2 aliphatic rings. The first-order chi connectivity index (χ1) is 14.7. The van der Waals surface area contributed by atoms with Gasteiger partial charge in [-0.1, -0.05) is 41.5 Å². The number of rotatable bonds is 3. The first kappa shape index (κ1) is 21.3. The van der Waals surface area contributed by atoms with Crippen molar-refractivity contribution >= 4 is 23.1 Å². The first-order valence-electron chi connectivity index (χ1n) is 10.9. The van der Waals surface area contributed by atoms with Gasteiger partial charge in [0.15, 0.2) is 0 Å². The van der Waals surface area contributed by atoms with Gasteiger partial charge < -0.3 is 9.64 Å². The SMILES string of the molecule is Cc1ccc(C2=C(N3CC(C)OC(C)C3)C(=O)N(c3ccc(C)cc3C)C2=O)c(C)c1. The van der Waals surface area contributed by atoms with Gasteiger partial charge in [0, 0.05) is 13.1 Å². The number of morpholine rings is 1. The molecule has 2 aromatic rings. The molecule has 0 bridgehead atoms. The average Bonchev–Trinajstić information content (AvgIpc) is 2.92. The number of anilines is 1. The smallest absolute Gasteiger partial charge is 0.282 e. The molecule has 2 unspecified atom stereocenters.